The van der Waals surface area contributed by atoms with Gasteiger partial charge in [-0.2, -0.15) is 0 Å². The molecular weight excluding hydrogens is 238 g/mol. The molecule has 1 unspecified atom stereocenters. The summed E-state index contributed by atoms with van der Waals surface area (Å²) in [6.07, 6.45) is 6.15. The van der Waals surface area contributed by atoms with Crippen LogP contribution in [-0.2, 0) is 0 Å². The van der Waals surface area contributed by atoms with Gasteiger partial charge in [-0.1, -0.05) is 0 Å². The van der Waals surface area contributed by atoms with Crippen LogP contribution in [-0.4, -0.2) is 60.7 Å². The Labute approximate surface area is 116 Å². The van der Waals surface area contributed by atoms with Crippen molar-refractivity contribution < 1.29 is 0 Å². The van der Waals surface area contributed by atoms with Crippen molar-refractivity contribution in [2.45, 2.75) is 25.8 Å². The van der Waals surface area contributed by atoms with Crippen LogP contribution in [0.2, 0.25) is 0 Å². The molecule has 0 amide bonds. The molecule has 1 aliphatic rings. The zero-order valence-corrected chi connectivity index (χ0v) is 12.0. The van der Waals surface area contributed by atoms with Gasteiger partial charge < -0.3 is 10.2 Å². The fraction of sp³-hybridized carbons (Fsp3) is 0.714. The maximum atomic E-state index is 4.32. The van der Waals surface area contributed by atoms with Gasteiger partial charge >= 0.3 is 0 Å². The summed E-state index contributed by atoms with van der Waals surface area (Å²) in [5.74, 6) is 0.866. The summed E-state index contributed by atoms with van der Waals surface area (Å²) in [4.78, 5) is 13.5. The van der Waals surface area contributed by atoms with Crippen LogP contribution in [0.1, 0.15) is 19.8 Å². The van der Waals surface area contributed by atoms with Gasteiger partial charge in [-0.05, 0) is 39.4 Å². The largest absolute Gasteiger partial charge is 0.338 e. The maximum absolute atomic E-state index is 4.32. The molecular formula is C14H25N5. The van der Waals surface area contributed by atoms with Gasteiger partial charge in [-0.15, -0.1) is 0 Å². The van der Waals surface area contributed by atoms with Gasteiger partial charge in [0.05, 0.1) is 0 Å². The lowest BCUT2D eigenvalue weighted by molar-refractivity contribution is 0.185. The Kier molecular flexibility index (Phi) is 5.54. The van der Waals surface area contributed by atoms with Crippen molar-refractivity contribution in [1.82, 2.24) is 20.2 Å². The Balaban J connectivity index is 1.76. The average molecular weight is 263 g/mol. The number of aromatic nitrogens is 2. The van der Waals surface area contributed by atoms with Gasteiger partial charge in [0, 0.05) is 44.6 Å². The lowest BCUT2D eigenvalue weighted by atomic mass is 10.1. The van der Waals surface area contributed by atoms with Crippen molar-refractivity contribution in [3.05, 3.63) is 18.5 Å². The first kappa shape index (κ1) is 14.2. The molecule has 106 valence electrons. The van der Waals surface area contributed by atoms with Crippen LogP contribution in [0.5, 0.6) is 0 Å². The Bertz CT molecular complexity index is 348. The van der Waals surface area contributed by atoms with Crippen LogP contribution < -0.4 is 10.2 Å². The van der Waals surface area contributed by atoms with E-state index in [4.69, 9.17) is 0 Å². The fourth-order valence-corrected chi connectivity index (χ4v) is 2.57. The van der Waals surface area contributed by atoms with E-state index in [0.29, 0.717) is 6.04 Å². The molecule has 5 heteroatoms. The van der Waals surface area contributed by atoms with Gasteiger partial charge in [0.1, 0.15) is 0 Å². The highest BCUT2D eigenvalue weighted by atomic mass is 15.3. The highest BCUT2D eigenvalue weighted by Gasteiger charge is 2.21. The van der Waals surface area contributed by atoms with Crippen molar-refractivity contribution in [2.75, 3.05) is 44.7 Å². The molecule has 2 rings (SSSR count). The van der Waals surface area contributed by atoms with Crippen LogP contribution in [0.3, 0.4) is 0 Å². The van der Waals surface area contributed by atoms with E-state index in [1.54, 1.807) is 0 Å². The molecule has 0 radical (unpaired) electrons. The highest BCUT2D eigenvalue weighted by molar-refractivity contribution is 5.29. The second-order valence-corrected chi connectivity index (χ2v) is 5.17. The first-order valence-corrected chi connectivity index (χ1v) is 7.22. The van der Waals surface area contributed by atoms with E-state index < -0.39 is 0 Å². The van der Waals surface area contributed by atoms with E-state index in [-0.39, 0.29) is 0 Å². The highest BCUT2D eigenvalue weighted by Crippen LogP contribution is 2.13. The molecule has 0 bridgehead atoms. The van der Waals surface area contributed by atoms with E-state index in [1.165, 1.54) is 12.8 Å². The fourth-order valence-electron chi connectivity index (χ4n) is 2.57. The summed E-state index contributed by atoms with van der Waals surface area (Å²) < 4.78 is 0. The minimum atomic E-state index is 0.673. The number of nitrogens with one attached hydrogen (secondary N) is 1. The number of nitrogens with zero attached hydrogens (tertiary/aromatic N) is 4. The molecule has 1 saturated heterocycles. The Morgan fingerprint density at radius 3 is 2.53 bits per heavy atom. The summed E-state index contributed by atoms with van der Waals surface area (Å²) in [6, 6.07) is 2.54. The van der Waals surface area contributed by atoms with Crippen LogP contribution in [0, 0.1) is 0 Å². The van der Waals surface area contributed by atoms with E-state index in [1.807, 2.05) is 25.5 Å². The first-order valence-electron chi connectivity index (χ1n) is 7.22. The zero-order valence-electron chi connectivity index (χ0n) is 12.0. The standard InChI is InChI=1S/C14H25N5/c1-13(5-3-6-15-2)18-9-11-19(12-10-18)14-16-7-4-8-17-14/h4,7-8,13,15H,3,5-6,9-12H2,1-2H3. The monoisotopic (exact) mass is 263 g/mol. The average Bonchev–Trinajstić information content (AvgIpc) is 2.48. The molecule has 0 aromatic carbocycles. The molecule has 0 spiro atoms. The number of hydrogen-bond acceptors (Lipinski definition) is 5. The summed E-state index contributed by atoms with van der Waals surface area (Å²) >= 11 is 0. The van der Waals surface area contributed by atoms with Crippen molar-refractivity contribution in [3.8, 4) is 0 Å². The van der Waals surface area contributed by atoms with E-state index in [9.17, 15) is 0 Å². The Morgan fingerprint density at radius 1 is 1.21 bits per heavy atom. The van der Waals surface area contributed by atoms with Gasteiger partial charge in [0.15, 0.2) is 0 Å². The minimum Gasteiger partial charge on any atom is -0.338 e. The molecule has 1 aromatic rings. The second-order valence-electron chi connectivity index (χ2n) is 5.17. The normalized spacial score (nSPS) is 18.5. The molecule has 1 aromatic heterocycles. The van der Waals surface area contributed by atoms with E-state index in [0.717, 1.165) is 38.7 Å². The van der Waals surface area contributed by atoms with Crippen molar-refractivity contribution in [2.24, 2.45) is 0 Å². The Hall–Kier alpha value is -1.20. The lowest BCUT2D eigenvalue weighted by Gasteiger charge is -2.38. The topological polar surface area (TPSA) is 44.3 Å². The van der Waals surface area contributed by atoms with Gasteiger partial charge in [0.2, 0.25) is 5.95 Å². The number of rotatable bonds is 6. The first-order chi connectivity index (χ1) is 9.31. The summed E-state index contributed by atoms with van der Waals surface area (Å²) in [6.45, 7) is 7.73. The molecule has 1 N–H and O–H groups in total. The third-order valence-corrected chi connectivity index (χ3v) is 3.82. The number of piperazine rings is 1. The van der Waals surface area contributed by atoms with Crippen LogP contribution in [0.15, 0.2) is 18.5 Å². The van der Waals surface area contributed by atoms with Gasteiger partial charge in [0.25, 0.3) is 0 Å². The lowest BCUT2D eigenvalue weighted by Crippen LogP contribution is -2.50. The predicted molar refractivity (Wildman–Crippen MR) is 78.4 cm³/mol. The van der Waals surface area contributed by atoms with Gasteiger partial charge in [-0.3, -0.25) is 4.90 Å². The predicted octanol–water partition coefficient (Wildman–Crippen LogP) is 0.987. The molecule has 2 heterocycles. The number of hydrogen-bond donors (Lipinski definition) is 1. The maximum Gasteiger partial charge on any atom is 0.225 e. The molecule has 0 saturated carbocycles. The second kappa shape index (κ2) is 7.40. The van der Waals surface area contributed by atoms with Crippen LogP contribution in [0.4, 0.5) is 5.95 Å². The molecule has 0 aliphatic carbocycles. The quantitative estimate of drug-likeness (QED) is 0.775. The zero-order chi connectivity index (χ0) is 13.5. The number of anilines is 1. The summed E-state index contributed by atoms with van der Waals surface area (Å²) in [5.41, 5.74) is 0. The van der Waals surface area contributed by atoms with E-state index >= 15 is 0 Å². The van der Waals surface area contributed by atoms with Crippen molar-refractivity contribution in [1.29, 1.82) is 0 Å². The third kappa shape index (κ3) is 4.14. The van der Waals surface area contributed by atoms with E-state index in [2.05, 4.69) is 32.0 Å². The molecule has 5 nitrogen and oxygen atoms in total. The smallest absolute Gasteiger partial charge is 0.225 e. The minimum absolute atomic E-state index is 0.673. The van der Waals surface area contributed by atoms with Crippen LogP contribution in [0.25, 0.3) is 0 Å². The SMILES string of the molecule is CNCCCC(C)N1CCN(c2ncccn2)CC1. The molecule has 1 atom stereocenters. The Morgan fingerprint density at radius 2 is 1.89 bits per heavy atom. The molecule has 19 heavy (non-hydrogen) atoms. The van der Waals surface area contributed by atoms with Crippen LogP contribution >= 0.6 is 0 Å². The summed E-state index contributed by atoms with van der Waals surface area (Å²) in [5, 5.41) is 3.21. The third-order valence-electron chi connectivity index (χ3n) is 3.82. The van der Waals surface area contributed by atoms with Gasteiger partial charge in [-0.25, -0.2) is 9.97 Å². The molecule has 1 aliphatic heterocycles. The summed E-state index contributed by atoms with van der Waals surface area (Å²) in [7, 11) is 2.02. The van der Waals surface area contributed by atoms with Crippen molar-refractivity contribution in [3.63, 3.8) is 0 Å². The van der Waals surface area contributed by atoms with Crippen molar-refractivity contribution >= 4 is 5.95 Å². The molecule has 1 fully saturated rings.